The first-order valence-corrected chi connectivity index (χ1v) is 15.2. The van der Waals surface area contributed by atoms with E-state index in [9.17, 15) is 70.2 Å². The van der Waals surface area contributed by atoms with Crippen molar-refractivity contribution < 1.29 is 93.9 Å². The highest BCUT2D eigenvalue weighted by Gasteiger charge is 2.57. The Balaban J connectivity index is 1.92. The molecule has 22 heteroatoms. The van der Waals surface area contributed by atoms with Gasteiger partial charge >= 0.3 is 5.97 Å². The lowest BCUT2D eigenvalue weighted by Gasteiger charge is -2.49. The van der Waals surface area contributed by atoms with Crippen LogP contribution in [0.1, 0.15) is 27.2 Å². The standard InChI is InChI=1S/C27H45N3O19/c1-8(33)28-15-11(36)4-27(26(43)44,49-23(15)18(38)12(37)5-31)45-7-14-20(40)22(17(24(42)46-14)30-10(3)35)48-25-16(29-9(2)34)21(41)19(39)13(6-32)47-25/h11-25,31-32,36-42H,4-7H2,1-3H3,(H,28,33)(H,29,34)(H,30,35)(H,43,44)/t11-,12+,13+,14+,15+,16+,17+,18+,19-,20-,21+,22+,23+,24-,25+,27+/m0/s1. The lowest BCUT2D eigenvalue weighted by Crippen LogP contribution is -2.70. The van der Waals surface area contributed by atoms with E-state index in [-0.39, 0.29) is 0 Å². The predicted molar refractivity (Wildman–Crippen MR) is 153 cm³/mol. The Bertz CT molecular complexity index is 1170. The Morgan fingerprint density at radius 2 is 1.39 bits per heavy atom. The van der Waals surface area contributed by atoms with Crippen LogP contribution in [0.25, 0.3) is 0 Å². The van der Waals surface area contributed by atoms with Crippen molar-refractivity contribution >= 4 is 23.7 Å². The summed E-state index contributed by atoms with van der Waals surface area (Å²) in [6.45, 7) is 0.360. The van der Waals surface area contributed by atoms with E-state index >= 15 is 0 Å². The van der Waals surface area contributed by atoms with Crippen LogP contribution in [0.4, 0.5) is 0 Å². The molecule has 0 aliphatic carbocycles. The molecule has 3 saturated heterocycles. The average molecular weight is 716 g/mol. The lowest BCUT2D eigenvalue weighted by molar-refractivity contribution is -0.342. The molecular formula is C27H45N3O19. The number of hydrogen-bond donors (Lipinski definition) is 13. The third kappa shape index (κ3) is 9.36. The lowest BCUT2D eigenvalue weighted by atomic mass is 9.88. The molecule has 0 bridgehead atoms. The molecule has 3 fully saturated rings. The molecular weight excluding hydrogens is 670 g/mol. The van der Waals surface area contributed by atoms with Crippen LogP contribution >= 0.6 is 0 Å². The Labute approximate surface area is 278 Å². The number of carbonyl (C=O) groups is 4. The summed E-state index contributed by atoms with van der Waals surface area (Å²) in [6.07, 6.45) is -22.7. The molecule has 3 aliphatic rings. The van der Waals surface area contributed by atoms with Gasteiger partial charge in [0.15, 0.2) is 12.6 Å². The monoisotopic (exact) mass is 715 g/mol. The van der Waals surface area contributed by atoms with Gasteiger partial charge in [-0.1, -0.05) is 0 Å². The second kappa shape index (κ2) is 17.0. The van der Waals surface area contributed by atoms with Gasteiger partial charge < -0.3 is 90.7 Å². The highest BCUT2D eigenvalue weighted by Crippen LogP contribution is 2.35. The quantitative estimate of drug-likeness (QED) is 0.0842. The fourth-order valence-corrected chi connectivity index (χ4v) is 5.86. The first-order valence-electron chi connectivity index (χ1n) is 15.2. The van der Waals surface area contributed by atoms with E-state index in [0.29, 0.717) is 0 Å². The van der Waals surface area contributed by atoms with Crippen LogP contribution in [-0.4, -0.2) is 192 Å². The summed E-state index contributed by atoms with van der Waals surface area (Å²) in [5, 5.41) is 111. The summed E-state index contributed by atoms with van der Waals surface area (Å²) >= 11 is 0. The van der Waals surface area contributed by atoms with Crippen molar-refractivity contribution in [3.05, 3.63) is 0 Å². The molecule has 0 spiro atoms. The highest BCUT2D eigenvalue weighted by molar-refractivity contribution is 5.76. The Morgan fingerprint density at radius 3 is 1.92 bits per heavy atom. The summed E-state index contributed by atoms with van der Waals surface area (Å²) in [6, 6.07) is -4.60. The molecule has 3 aliphatic heterocycles. The van der Waals surface area contributed by atoms with Crippen LogP contribution in [0.2, 0.25) is 0 Å². The zero-order valence-corrected chi connectivity index (χ0v) is 26.6. The van der Waals surface area contributed by atoms with E-state index in [2.05, 4.69) is 16.0 Å². The number of amides is 3. The first kappa shape index (κ1) is 40.7. The average Bonchev–Trinajstić information content (AvgIpc) is 3.02. The molecule has 3 heterocycles. The second-order valence-electron chi connectivity index (χ2n) is 12.0. The van der Waals surface area contributed by atoms with E-state index in [1.165, 1.54) is 0 Å². The summed E-state index contributed by atoms with van der Waals surface area (Å²) in [5.41, 5.74) is 0. The van der Waals surface area contributed by atoms with E-state index in [0.717, 1.165) is 20.8 Å². The molecule has 0 unspecified atom stereocenters. The number of hydrogen-bond acceptors (Lipinski definition) is 18. The van der Waals surface area contributed by atoms with Crippen molar-refractivity contribution in [2.45, 2.75) is 125 Å². The van der Waals surface area contributed by atoms with E-state index < -0.39 is 147 Å². The number of aliphatic hydroxyl groups is 9. The normalized spacial score (nSPS) is 40.9. The van der Waals surface area contributed by atoms with Crippen LogP contribution in [0.3, 0.4) is 0 Å². The van der Waals surface area contributed by atoms with Crippen molar-refractivity contribution in [2.75, 3.05) is 19.8 Å². The number of nitrogens with one attached hydrogen (secondary N) is 3. The highest BCUT2D eigenvalue weighted by atomic mass is 16.7. The molecule has 0 radical (unpaired) electrons. The minimum atomic E-state index is -2.86. The van der Waals surface area contributed by atoms with E-state index in [4.69, 9.17) is 23.7 Å². The van der Waals surface area contributed by atoms with E-state index in [1.807, 2.05) is 0 Å². The Kier molecular flexibility index (Phi) is 14.2. The molecule has 282 valence electrons. The van der Waals surface area contributed by atoms with Crippen LogP contribution in [0.15, 0.2) is 0 Å². The van der Waals surface area contributed by atoms with Gasteiger partial charge in [0.25, 0.3) is 5.79 Å². The van der Waals surface area contributed by atoms with Crippen molar-refractivity contribution in [3.8, 4) is 0 Å². The fourth-order valence-electron chi connectivity index (χ4n) is 5.86. The van der Waals surface area contributed by atoms with Crippen LogP contribution < -0.4 is 16.0 Å². The molecule has 0 aromatic rings. The number of aliphatic hydroxyl groups excluding tert-OH is 9. The van der Waals surface area contributed by atoms with Crippen molar-refractivity contribution in [1.29, 1.82) is 0 Å². The molecule has 0 aromatic heterocycles. The molecule has 13 N–H and O–H groups in total. The van der Waals surface area contributed by atoms with Gasteiger partial charge in [-0.25, -0.2) is 4.79 Å². The van der Waals surface area contributed by atoms with Gasteiger partial charge in [0.1, 0.15) is 67.0 Å². The molecule has 3 rings (SSSR count). The maximum atomic E-state index is 12.5. The minimum absolute atomic E-state index is 0.711. The predicted octanol–water partition coefficient (Wildman–Crippen LogP) is -7.94. The topological polar surface area (TPSA) is 353 Å². The number of carbonyl (C=O) groups excluding carboxylic acids is 3. The smallest absolute Gasteiger partial charge is 0.364 e. The number of ether oxygens (including phenoxy) is 5. The summed E-state index contributed by atoms with van der Waals surface area (Å²) < 4.78 is 27.8. The Hall–Kier alpha value is -2.68. The maximum absolute atomic E-state index is 12.5. The molecule has 16 atom stereocenters. The maximum Gasteiger partial charge on any atom is 0.364 e. The SMILES string of the molecule is CC(=O)N[C@@H]1[C@@H](O[C@H]2O[C@H](CO)[C@H](O)[C@H](O)[C@H]2NC(C)=O)[C@@H](O)[C@@H](CO[C@]2(C(=O)O)C[C@H](O)[C@@H](NC(C)=O)[C@H]([C@H](O)[C@H](O)CO)O2)O[C@@H]1O. The molecule has 22 nitrogen and oxygen atoms in total. The summed E-state index contributed by atoms with van der Waals surface area (Å²) in [5.74, 6) is -6.92. The third-order valence-corrected chi connectivity index (χ3v) is 8.27. The van der Waals surface area contributed by atoms with E-state index in [1.54, 1.807) is 0 Å². The first-order chi connectivity index (χ1) is 22.9. The molecule has 0 saturated carbocycles. The number of carboxylic acid groups (broad SMARTS) is 1. The van der Waals surface area contributed by atoms with Crippen molar-refractivity contribution in [3.63, 3.8) is 0 Å². The number of aliphatic carboxylic acids is 1. The summed E-state index contributed by atoms with van der Waals surface area (Å²) in [4.78, 5) is 48.2. The molecule has 49 heavy (non-hydrogen) atoms. The van der Waals surface area contributed by atoms with Crippen LogP contribution in [0, 0.1) is 0 Å². The third-order valence-electron chi connectivity index (χ3n) is 8.27. The van der Waals surface area contributed by atoms with Gasteiger partial charge in [0, 0.05) is 27.2 Å². The zero-order chi connectivity index (χ0) is 37.0. The van der Waals surface area contributed by atoms with Crippen LogP contribution in [-0.2, 0) is 42.9 Å². The van der Waals surface area contributed by atoms with Crippen LogP contribution in [0.5, 0.6) is 0 Å². The zero-order valence-electron chi connectivity index (χ0n) is 26.6. The van der Waals surface area contributed by atoms with Gasteiger partial charge in [-0.3, -0.25) is 14.4 Å². The van der Waals surface area contributed by atoms with Gasteiger partial charge in [0.05, 0.1) is 32.0 Å². The number of rotatable bonds is 13. The van der Waals surface area contributed by atoms with Gasteiger partial charge in [0.2, 0.25) is 17.7 Å². The minimum Gasteiger partial charge on any atom is -0.477 e. The van der Waals surface area contributed by atoms with Gasteiger partial charge in [-0.2, -0.15) is 0 Å². The second-order valence-corrected chi connectivity index (χ2v) is 12.0. The van der Waals surface area contributed by atoms with Crippen molar-refractivity contribution in [2.24, 2.45) is 0 Å². The van der Waals surface area contributed by atoms with Crippen molar-refractivity contribution in [1.82, 2.24) is 16.0 Å². The van der Waals surface area contributed by atoms with Gasteiger partial charge in [-0.15, -0.1) is 0 Å². The number of carboxylic acids is 1. The molecule has 0 aromatic carbocycles. The molecule has 3 amide bonds. The Morgan fingerprint density at radius 1 is 0.816 bits per heavy atom. The fraction of sp³-hybridized carbons (Fsp3) is 0.852. The van der Waals surface area contributed by atoms with Gasteiger partial charge in [-0.05, 0) is 0 Å². The largest absolute Gasteiger partial charge is 0.477 e. The summed E-state index contributed by atoms with van der Waals surface area (Å²) in [7, 11) is 0.